The van der Waals surface area contributed by atoms with Gasteiger partial charge in [0.25, 0.3) is 0 Å². The molecular formula is C28H28F2N4O2. The molecule has 2 aromatic rings. The number of hydrogen-bond donors (Lipinski definition) is 0. The summed E-state index contributed by atoms with van der Waals surface area (Å²) in [5, 5.41) is 9.46. The van der Waals surface area contributed by atoms with E-state index in [9.17, 15) is 23.6 Å². The lowest BCUT2D eigenvalue weighted by molar-refractivity contribution is -0.142. The van der Waals surface area contributed by atoms with Crippen LogP contribution in [0.15, 0.2) is 48.5 Å². The average molecular weight is 491 g/mol. The third-order valence-electron chi connectivity index (χ3n) is 8.40. The van der Waals surface area contributed by atoms with Crippen LogP contribution in [0, 0.1) is 34.8 Å². The second kappa shape index (κ2) is 8.67. The molecule has 1 saturated carbocycles. The number of piperazine rings is 1. The molecule has 6 rings (SSSR count). The first-order valence-corrected chi connectivity index (χ1v) is 12.6. The monoisotopic (exact) mass is 490 g/mol. The van der Waals surface area contributed by atoms with Gasteiger partial charge in [-0.15, -0.1) is 0 Å². The van der Waals surface area contributed by atoms with Crippen molar-refractivity contribution in [1.29, 1.82) is 5.26 Å². The van der Waals surface area contributed by atoms with Crippen LogP contribution in [0.1, 0.15) is 43.4 Å². The number of benzene rings is 2. The minimum absolute atomic E-state index is 0.00845. The smallest absolute Gasteiger partial charge is 0.241 e. The van der Waals surface area contributed by atoms with Crippen LogP contribution >= 0.6 is 0 Å². The second-order valence-electron chi connectivity index (χ2n) is 10.7. The molecule has 2 amide bonds. The molecule has 186 valence electrons. The first kappa shape index (κ1) is 23.1. The Labute approximate surface area is 209 Å². The molecule has 2 bridgehead atoms. The predicted molar refractivity (Wildman–Crippen MR) is 127 cm³/mol. The minimum Gasteiger partial charge on any atom is -0.326 e. The van der Waals surface area contributed by atoms with Gasteiger partial charge in [0.05, 0.1) is 18.2 Å². The van der Waals surface area contributed by atoms with E-state index < -0.39 is 6.04 Å². The zero-order valence-corrected chi connectivity index (χ0v) is 20.1. The van der Waals surface area contributed by atoms with E-state index in [0.717, 1.165) is 24.0 Å². The molecule has 3 aliphatic heterocycles. The third kappa shape index (κ3) is 3.77. The van der Waals surface area contributed by atoms with Crippen molar-refractivity contribution in [2.24, 2.45) is 11.8 Å². The molecule has 3 heterocycles. The van der Waals surface area contributed by atoms with E-state index in [2.05, 4.69) is 11.0 Å². The third-order valence-corrected chi connectivity index (χ3v) is 8.40. The summed E-state index contributed by atoms with van der Waals surface area (Å²) in [7, 11) is 0. The largest absolute Gasteiger partial charge is 0.326 e. The number of nitrogens with zero attached hydrogens (tertiary/aromatic N) is 4. The Hall–Kier alpha value is -3.31. The first-order valence-electron chi connectivity index (χ1n) is 12.6. The Morgan fingerprint density at radius 1 is 1.03 bits per heavy atom. The van der Waals surface area contributed by atoms with Gasteiger partial charge in [0.15, 0.2) is 0 Å². The average Bonchev–Trinajstić information content (AvgIpc) is 3.19. The van der Waals surface area contributed by atoms with Crippen LogP contribution in [0.2, 0.25) is 0 Å². The van der Waals surface area contributed by atoms with E-state index in [4.69, 9.17) is 0 Å². The molecule has 0 N–H and O–H groups in total. The molecule has 36 heavy (non-hydrogen) atoms. The van der Waals surface area contributed by atoms with Gasteiger partial charge in [-0.1, -0.05) is 31.2 Å². The van der Waals surface area contributed by atoms with Crippen LogP contribution in [0.3, 0.4) is 0 Å². The number of halogens is 2. The van der Waals surface area contributed by atoms with Gasteiger partial charge < -0.3 is 9.80 Å². The summed E-state index contributed by atoms with van der Waals surface area (Å²) in [4.78, 5) is 32.6. The number of carbonyl (C=O) groups excluding carboxylic acids is 2. The summed E-state index contributed by atoms with van der Waals surface area (Å²) in [5.74, 6) is -0.559. The van der Waals surface area contributed by atoms with E-state index >= 15 is 0 Å². The highest BCUT2D eigenvalue weighted by Gasteiger charge is 2.56. The van der Waals surface area contributed by atoms with Crippen molar-refractivity contribution in [3.8, 4) is 6.07 Å². The van der Waals surface area contributed by atoms with Crippen LogP contribution in [-0.4, -0.2) is 63.8 Å². The van der Waals surface area contributed by atoms with Crippen LogP contribution in [-0.2, 0) is 9.59 Å². The fourth-order valence-corrected chi connectivity index (χ4v) is 6.61. The Morgan fingerprint density at radius 3 is 2.19 bits per heavy atom. The Bertz CT molecular complexity index is 1180. The van der Waals surface area contributed by atoms with Crippen LogP contribution in [0.4, 0.5) is 8.78 Å². The summed E-state index contributed by atoms with van der Waals surface area (Å²) < 4.78 is 27.3. The fraction of sp³-hybridized carbons (Fsp3) is 0.464. The van der Waals surface area contributed by atoms with Crippen LogP contribution in [0.5, 0.6) is 0 Å². The van der Waals surface area contributed by atoms with Crippen molar-refractivity contribution in [3.05, 3.63) is 71.3 Å². The van der Waals surface area contributed by atoms with E-state index in [-0.39, 0.29) is 53.5 Å². The zero-order valence-electron chi connectivity index (χ0n) is 20.1. The molecule has 0 radical (unpaired) electrons. The van der Waals surface area contributed by atoms with E-state index in [1.54, 1.807) is 29.2 Å². The first-order chi connectivity index (χ1) is 17.4. The maximum atomic E-state index is 13.7. The number of carbonyl (C=O) groups is 2. The van der Waals surface area contributed by atoms with Crippen molar-refractivity contribution in [3.63, 3.8) is 0 Å². The fourth-order valence-electron chi connectivity index (χ4n) is 6.61. The summed E-state index contributed by atoms with van der Waals surface area (Å²) in [6.45, 7) is 3.00. The molecule has 4 fully saturated rings. The summed E-state index contributed by atoms with van der Waals surface area (Å²) >= 11 is 0. The highest BCUT2D eigenvalue weighted by Crippen LogP contribution is 2.48. The molecule has 6 atom stereocenters. The standard InChI is InChI=1S/C28H28F2N4O2/c1-16(27(35)33-22(13-31)10-19-11-24(19)33)14-32-15-23-12-25(32)28(36)34(23)26(17-2-6-20(29)7-3-17)18-4-8-21(30)9-5-18/h2-9,16,19,22-26H,10-12,14-15H2,1H3/t16-,19+,22-,23+,24?,25+/m0/s1. The lowest BCUT2D eigenvalue weighted by Crippen LogP contribution is -2.53. The Morgan fingerprint density at radius 2 is 1.64 bits per heavy atom. The molecule has 4 aliphatic rings. The topological polar surface area (TPSA) is 67.7 Å². The summed E-state index contributed by atoms with van der Waals surface area (Å²) in [5.41, 5.74) is 1.55. The number of likely N-dealkylation sites (tertiary alicyclic amines) is 3. The molecule has 1 aliphatic carbocycles. The number of piperidine rings is 1. The van der Waals surface area contributed by atoms with Gasteiger partial charge in [-0.25, -0.2) is 8.78 Å². The van der Waals surface area contributed by atoms with Crippen molar-refractivity contribution in [1.82, 2.24) is 14.7 Å². The molecule has 8 heteroatoms. The van der Waals surface area contributed by atoms with Gasteiger partial charge >= 0.3 is 0 Å². The second-order valence-corrected chi connectivity index (χ2v) is 10.7. The molecule has 1 unspecified atom stereocenters. The molecule has 3 saturated heterocycles. The van der Waals surface area contributed by atoms with Crippen molar-refractivity contribution in [2.45, 2.75) is 56.4 Å². The Kier molecular flexibility index (Phi) is 5.56. The van der Waals surface area contributed by atoms with E-state index in [0.29, 0.717) is 25.4 Å². The Balaban J connectivity index is 1.20. The van der Waals surface area contributed by atoms with E-state index in [1.807, 2.05) is 11.8 Å². The number of rotatable bonds is 6. The van der Waals surface area contributed by atoms with Gasteiger partial charge in [-0.2, -0.15) is 5.26 Å². The lowest BCUT2D eigenvalue weighted by Gasteiger charge is -2.40. The zero-order chi connectivity index (χ0) is 25.1. The van der Waals surface area contributed by atoms with Crippen molar-refractivity contribution < 1.29 is 18.4 Å². The van der Waals surface area contributed by atoms with E-state index in [1.165, 1.54) is 24.3 Å². The van der Waals surface area contributed by atoms with Crippen molar-refractivity contribution >= 4 is 11.8 Å². The SMILES string of the molecule is C[C@@H](CN1C[C@H]2C[C@@H]1C(=O)N2C(c1ccc(F)cc1)c1ccc(F)cc1)C(=O)N1C2C[C@H]2C[C@H]1C#N. The molecule has 0 aromatic heterocycles. The highest BCUT2D eigenvalue weighted by atomic mass is 19.1. The van der Waals surface area contributed by atoms with Gasteiger partial charge in [-0.05, 0) is 60.6 Å². The molecular weight excluding hydrogens is 462 g/mol. The quantitative estimate of drug-likeness (QED) is 0.622. The highest BCUT2D eigenvalue weighted by molar-refractivity contribution is 5.87. The van der Waals surface area contributed by atoms with Gasteiger partial charge in [0, 0.05) is 31.1 Å². The predicted octanol–water partition coefficient (Wildman–Crippen LogP) is 3.49. The lowest BCUT2D eigenvalue weighted by atomic mass is 9.95. The van der Waals surface area contributed by atoms with Crippen LogP contribution < -0.4 is 0 Å². The maximum absolute atomic E-state index is 13.7. The van der Waals surface area contributed by atoms with Crippen molar-refractivity contribution in [2.75, 3.05) is 13.1 Å². The number of nitriles is 1. The minimum atomic E-state index is -0.442. The molecule has 2 aromatic carbocycles. The number of amides is 2. The summed E-state index contributed by atoms with van der Waals surface area (Å²) in [6, 6.07) is 13.5. The molecule has 6 nitrogen and oxygen atoms in total. The van der Waals surface area contributed by atoms with Crippen LogP contribution in [0.25, 0.3) is 0 Å². The number of fused-ring (bicyclic) bond motifs is 3. The van der Waals surface area contributed by atoms with Gasteiger partial charge in [-0.3, -0.25) is 14.5 Å². The maximum Gasteiger partial charge on any atom is 0.241 e. The van der Waals surface area contributed by atoms with Gasteiger partial charge in [0.1, 0.15) is 17.7 Å². The van der Waals surface area contributed by atoms with Gasteiger partial charge in [0.2, 0.25) is 11.8 Å². The molecule has 0 spiro atoms. The number of hydrogen-bond acceptors (Lipinski definition) is 4. The summed E-state index contributed by atoms with van der Waals surface area (Å²) in [6.07, 6.45) is 2.43. The normalized spacial score (nSPS) is 29.5.